The summed E-state index contributed by atoms with van der Waals surface area (Å²) in [4.78, 5) is 19.4. The molecular formula is C10H8N2O. The van der Waals surface area contributed by atoms with Crippen molar-refractivity contribution in [3.63, 3.8) is 0 Å². The Hall–Kier alpha value is -1.77. The topological polar surface area (TPSA) is 42.3 Å². The van der Waals surface area contributed by atoms with Crippen molar-refractivity contribution >= 4 is 11.5 Å². The van der Waals surface area contributed by atoms with Crippen LogP contribution in [0.4, 0.5) is 0 Å². The molecule has 0 aromatic carbocycles. The molecule has 0 N–H and O–H groups in total. The summed E-state index contributed by atoms with van der Waals surface area (Å²) in [6, 6.07) is 5.44. The first-order valence-electron chi connectivity index (χ1n) is 4.05. The number of aliphatic imine (C=N–C) groups is 1. The van der Waals surface area contributed by atoms with Crippen LogP contribution in [0.2, 0.25) is 0 Å². The van der Waals surface area contributed by atoms with Gasteiger partial charge in [-0.2, -0.15) is 0 Å². The fourth-order valence-corrected chi connectivity index (χ4v) is 1.17. The maximum Gasteiger partial charge on any atom is 0.187 e. The fraction of sp³-hybridized carbons (Fsp3) is 0.100. The summed E-state index contributed by atoms with van der Waals surface area (Å²) in [6.45, 7) is 0. The van der Waals surface area contributed by atoms with Gasteiger partial charge in [-0.05, 0) is 12.1 Å². The molecule has 0 fully saturated rings. The molecule has 0 saturated carbocycles. The minimum atomic E-state index is 0.0289. The molecule has 0 radical (unpaired) electrons. The second-order valence-electron chi connectivity index (χ2n) is 2.70. The van der Waals surface area contributed by atoms with Crippen LogP contribution in [-0.4, -0.2) is 16.5 Å². The number of allylic oxidation sites excluding steroid dienone is 1. The fourth-order valence-electron chi connectivity index (χ4n) is 1.17. The molecule has 0 aliphatic carbocycles. The minimum absolute atomic E-state index is 0.0289. The first-order valence-corrected chi connectivity index (χ1v) is 4.05. The number of carbonyl (C=O) groups excluding carboxylic acids is 1. The molecule has 2 rings (SSSR count). The summed E-state index contributed by atoms with van der Waals surface area (Å²) in [5, 5.41) is 0. The van der Waals surface area contributed by atoms with Gasteiger partial charge in [-0.15, -0.1) is 0 Å². The summed E-state index contributed by atoms with van der Waals surface area (Å²) < 4.78 is 0. The van der Waals surface area contributed by atoms with Crippen molar-refractivity contribution in [3.05, 3.63) is 42.4 Å². The van der Waals surface area contributed by atoms with Crippen molar-refractivity contribution in [2.75, 3.05) is 0 Å². The number of ketones is 1. The van der Waals surface area contributed by atoms with Crippen molar-refractivity contribution in [2.45, 2.75) is 6.42 Å². The van der Waals surface area contributed by atoms with E-state index in [-0.39, 0.29) is 5.78 Å². The molecule has 1 aromatic heterocycles. The summed E-state index contributed by atoms with van der Waals surface area (Å²) >= 11 is 0. The lowest BCUT2D eigenvalue weighted by atomic mass is 10.1. The third-order valence-corrected chi connectivity index (χ3v) is 1.78. The van der Waals surface area contributed by atoms with Crippen LogP contribution in [0.25, 0.3) is 0 Å². The molecule has 0 amide bonds. The molecule has 0 spiro atoms. The van der Waals surface area contributed by atoms with Crippen molar-refractivity contribution < 1.29 is 4.79 Å². The molecule has 64 valence electrons. The normalized spacial score (nSPS) is 15.7. The lowest BCUT2D eigenvalue weighted by molar-refractivity contribution is -0.112. The second-order valence-corrected chi connectivity index (χ2v) is 2.70. The Balaban J connectivity index is 2.41. The lowest BCUT2D eigenvalue weighted by Gasteiger charge is -2.04. The molecular weight excluding hydrogens is 164 g/mol. The van der Waals surface area contributed by atoms with Crippen LogP contribution < -0.4 is 0 Å². The van der Waals surface area contributed by atoms with Gasteiger partial charge in [-0.1, -0.05) is 12.1 Å². The minimum Gasteiger partial charge on any atom is -0.292 e. The SMILES string of the molecule is O=C1CC=CN=C1c1ccccn1. The number of hydrogen-bond acceptors (Lipinski definition) is 3. The number of carbonyl (C=O) groups is 1. The molecule has 1 aliphatic heterocycles. The molecule has 0 saturated heterocycles. The average molecular weight is 172 g/mol. The van der Waals surface area contributed by atoms with Gasteiger partial charge in [-0.25, -0.2) is 0 Å². The highest BCUT2D eigenvalue weighted by Gasteiger charge is 2.14. The quantitative estimate of drug-likeness (QED) is 0.641. The van der Waals surface area contributed by atoms with Gasteiger partial charge in [0.15, 0.2) is 5.78 Å². The van der Waals surface area contributed by atoms with Crippen LogP contribution in [-0.2, 0) is 4.79 Å². The number of Topliss-reactive ketones (excluding diaryl/α,β-unsaturated/α-hetero) is 1. The zero-order chi connectivity index (χ0) is 9.10. The van der Waals surface area contributed by atoms with E-state index in [9.17, 15) is 4.79 Å². The monoisotopic (exact) mass is 172 g/mol. The summed E-state index contributed by atoms with van der Waals surface area (Å²) in [5.41, 5.74) is 1.11. The summed E-state index contributed by atoms with van der Waals surface area (Å²) in [7, 11) is 0. The van der Waals surface area contributed by atoms with E-state index in [1.807, 2.05) is 12.1 Å². The molecule has 13 heavy (non-hydrogen) atoms. The van der Waals surface area contributed by atoms with Crippen LogP contribution in [0, 0.1) is 0 Å². The van der Waals surface area contributed by atoms with Gasteiger partial charge in [0.05, 0.1) is 5.69 Å². The maximum atomic E-state index is 11.4. The van der Waals surface area contributed by atoms with Gasteiger partial charge in [0, 0.05) is 18.8 Å². The average Bonchev–Trinajstić information content (AvgIpc) is 2.20. The summed E-state index contributed by atoms with van der Waals surface area (Å²) in [6.07, 6.45) is 5.47. The standard InChI is InChI=1S/C10H8N2O/c13-9-5-3-7-12-10(9)8-4-1-2-6-11-8/h1-4,6-7H,5H2. The summed E-state index contributed by atoms with van der Waals surface area (Å²) in [5.74, 6) is 0.0289. The molecule has 1 aliphatic rings. The van der Waals surface area contributed by atoms with E-state index < -0.39 is 0 Å². The van der Waals surface area contributed by atoms with Crippen LogP contribution in [0.3, 0.4) is 0 Å². The van der Waals surface area contributed by atoms with E-state index in [4.69, 9.17) is 0 Å². The highest BCUT2D eigenvalue weighted by Crippen LogP contribution is 2.05. The number of nitrogens with zero attached hydrogens (tertiary/aromatic N) is 2. The van der Waals surface area contributed by atoms with Crippen LogP contribution in [0.1, 0.15) is 12.1 Å². The Labute approximate surface area is 75.8 Å². The highest BCUT2D eigenvalue weighted by atomic mass is 16.1. The lowest BCUT2D eigenvalue weighted by Crippen LogP contribution is -2.17. The van der Waals surface area contributed by atoms with E-state index in [0.717, 1.165) is 0 Å². The van der Waals surface area contributed by atoms with Gasteiger partial charge in [-0.3, -0.25) is 14.8 Å². The van der Waals surface area contributed by atoms with Crippen molar-refractivity contribution in [1.29, 1.82) is 0 Å². The molecule has 2 heterocycles. The number of rotatable bonds is 1. The van der Waals surface area contributed by atoms with Gasteiger partial charge < -0.3 is 0 Å². The Bertz CT molecular complexity index is 379. The van der Waals surface area contributed by atoms with E-state index >= 15 is 0 Å². The molecule has 0 bridgehead atoms. The van der Waals surface area contributed by atoms with E-state index in [2.05, 4.69) is 9.98 Å². The predicted octanol–water partition coefficient (Wildman–Crippen LogP) is 1.36. The Morgan fingerprint density at radius 1 is 1.31 bits per heavy atom. The van der Waals surface area contributed by atoms with Gasteiger partial charge in [0.25, 0.3) is 0 Å². The highest BCUT2D eigenvalue weighted by molar-refractivity contribution is 6.46. The van der Waals surface area contributed by atoms with Crippen LogP contribution in [0.15, 0.2) is 41.7 Å². The van der Waals surface area contributed by atoms with Crippen molar-refractivity contribution in [2.24, 2.45) is 4.99 Å². The largest absolute Gasteiger partial charge is 0.292 e. The zero-order valence-electron chi connectivity index (χ0n) is 6.97. The van der Waals surface area contributed by atoms with E-state index in [0.29, 0.717) is 17.8 Å². The maximum absolute atomic E-state index is 11.4. The number of pyridine rings is 1. The predicted molar refractivity (Wildman–Crippen MR) is 49.5 cm³/mol. The van der Waals surface area contributed by atoms with E-state index in [1.54, 1.807) is 24.5 Å². The Morgan fingerprint density at radius 3 is 2.92 bits per heavy atom. The van der Waals surface area contributed by atoms with Crippen LogP contribution >= 0.6 is 0 Å². The number of aromatic nitrogens is 1. The third kappa shape index (κ3) is 1.54. The Morgan fingerprint density at radius 2 is 2.23 bits per heavy atom. The molecule has 3 nitrogen and oxygen atoms in total. The zero-order valence-corrected chi connectivity index (χ0v) is 6.97. The van der Waals surface area contributed by atoms with E-state index in [1.165, 1.54) is 0 Å². The molecule has 1 aromatic rings. The van der Waals surface area contributed by atoms with Gasteiger partial charge in [0.1, 0.15) is 5.71 Å². The molecule has 0 atom stereocenters. The first kappa shape index (κ1) is 7.86. The van der Waals surface area contributed by atoms with Gasteiger partial charge >= 0.3 is 0 Å². The van der Waals surface area contributed by atoms with Gasteiger partial charge in [0.2, 0.25) is 0 Å². The van der Waals surface area contributed by atoms with Crippen molar-refractivity contribution in [3.8, 4) is 0 Å². The first-order chi connectivity index (χ1) is 6.38. The third-order valence-electron chi connectivity index (χ3n) is 1.78. The number of hydrogen-bond donors (Lipinski definition) is 0. The van der Waals surface area contributed by atoms with Crippen molar-refractivity contribution in [1.82, 2.24) is 4.98 Å². The van der Waals surface area contributed by atoms with Crippen LogP contribution in [0.5, 0.6) is 0 Å². The molecule has 3 heteroatoms. The second kappa shape index (κ2) is 3.31. The Kier molecular flexibility index (Phi) is 2.00. The smallest absolute Gasteiger partial charge is 0.187 e. The molecule has 0 unspecified atom stereocenters.